The summed E-state index contributed by atoms with van der Waals surface area (Å²) in [6.07, 6.45) is 35.0. The minimum Gasteiger partial charge on any atom is -0.458 e. The van der Waals surface area contributed by atoms with Crippen LogP contribution in [0, 0.1) is 90.7 Å². The van der Waals surface area contributed by atoms with Crippen LogP contribution in [0.4, 0.5) is 0 Å². The number of halogens is 1. The highest BCUT2D eigenvalue weighted by atomic mass is 79.9. The van der Waals surface area contributed by atoms with E-state index in [1.54, 1.807) is 43.4 Å². The molecule has 0 aliphatic heterocycles. The van der Waals surface area contributed by atoms with Crippen molar-refractivity contribution in [2.45, 2.75) is 231 Å². The molecule has 0 aromatic rings. The number of carbonyl (C=O) groups excluding carboxylic acids is 12. The van der Waals surface area contributed by atoms with Crippen molar-refractivity contribution < 1.29 is 112 Å². The van der Waals surface area contributed by atoms with E-state index in [-0.39, 0.29) is 106 Å². The van der Waals surface area contributed by atoms with Gasteiger partial charge in [0.2, 0.25) is 17.3 Å². The molecule has 116 heavy (non-hydrogen) atoms. The monoisotopic (exact) mass is 1660 g/mol. The van der Waals surface area contributed by atoms with Crippen LogP contribution in [0.5, 0.6) is 0 Å². The zero-order valence-electron chi connectivity index (χ0n) is 68.3. The molecule has 7 N–H and O–H groups in total. The molecule has 0 spiro atoms. The summed E-state index contributed by atoms with van der Waals surface area (Å²) < 4.78 is 18.6. The van der Waals surface area contributed by atoms with Gasteiger partial charge in [-0.2, -0.15) is 0 Å². The van der Waals surface area contributed by atoms with E-state index in [0.29, 0.717) is 50.4 Å². The molecule has 16 aliphatic carbocycles. The third-order valence-electron chi connectivity index (χ3n) is 31.9. The number of rotatable bonds is 12. The van der Waals surface area contributed by atoms with Gasteiger partial charge in [0.1, 0.15) is 0 Å². The number of aliphatic hydroxyl groups excluding tert-OH is 4. The first-order valence-electron chi connectivity index (χ1n) is 41.0. The molecule has 8 saturated carbocycles. The number of ether oxygens (including phenoxy) is 4. The Morgan fingerprint density at radius 3 is 1.14 bits per heavy atom. The predicted octanol–water partition coefficient (Wildman–Crippen LogP) is 9.60. The maximum atomic E-state index is 13.0. The Morgan fingerprint density at radius 1 is 0.405 bits per heavy atom. The quantitative estimate of drug-likeness (QED) is 0.0413. The van der Waals surface area contributed by atoms with E-state index in [2.05, 4.69) is 74.0 Å². The maximum Gasteiger partial charge on any atom is 0.303 e. The molecule has 0 bridgehead atoms. The number of hydrogen-bond acceptors (Lipinski definition) is 23. The molecule has 16 aliphatic rings. The molecule has 23 nitrogen and oxygen atoms in total. The predicted molar refractivity (Wildman–Crippen MR) is 425 cm³/mol. The van der Waals surface area contributed by atoms with Crippen LogP contribution in [0.2, 0.25) is 0 Å². The Bertz CT molecular complexity index is 4540. The number of alkyl halides is 1. The molecule has 0 radical (unpaired) electrons. The molecule has 24 atom stereocenters. The molecule has 0 saturated heterocycles. The summed E-state index contributed by atoms with van der Waals surface area (Å²) in [5.74, 6) is -3.89. The largest absolute Gasteiger partial charge is 0.458 e. The van der Waals surface area contributed by atoms with Gasteiger partial charge in [-0.1, -0.05) is 138 Å². The van der Waals surface area contributed by atoms with Crippen LogP contribution in [0.3, 0.4) is 0 Å². The fraction of sp³-hybridized carbons (Fsp3) is 0.609. The minimum atomic E-state index is -2.13. The number of allylic oxidation sites excluding steroid dienone is 23. The summed E-state index contributed by atoms with van der Waals surface area (Å²) >= 11 is 3.89. The number of Topliss-reactive ketones (excluding diaryl/α,β-unsaturated/α-hetero) is 4. The molecule has 624 valence electrons. The van der Waals surface area contributed by atoms with Crippen molar-refractivity contribution in [3.05, 3.63) is 142 Å². The number of hydrogen-bond donors (Lipinski definition) is 7. The number of carbonyl (C=O) groups is 12. The molecule has 0 amide bonds. The first-order valence-corrected chi connectivity index (χ1v) is 41.8. The van der Waals surface area contributed by atoms with Crippen molar-refractivity contribution in [2.75, 3.05) is 26.4 Å². The smallest absolute Gasteiger partial charge is 0.303 e. The molecule has 24 heteroatoms. The summed E-state index contributed by atoms with van der Waals surface area (Å²) in [5, 5.41) is 78.4. The Kier molecular flexibility index (Phi) is 22.5. The van der Waals surface area contributed by atoms with Gasteiger partial charge in [0.25, 0.3) is 0 Å². The van der Waals surface area contributed by atoms with Crippen LogP contribution >= 0.6 is 15.9 Å². The molecule has 0 aromatic heterocycles. The average molecular weight is 1660 g/mol. The van der Waals surface area contributed by atoms with E-state index < -0.39 is 128 Å². The summed E-state index contributed by atoms with van der Waals surface area (Å²) in [7, 11) is 0. The van der Waals surface area contributed by atoms with Gasteiger partial charge in [-0.3, -0.25) is 57.5 Å². The van der Waals surface area contributed by atoms with Crippen molar-refractivity contribution in [2.24, 2.45) is 90.7 Å². The van der Waals surface area contributed by atoms with Crippen LogP contribution in [0.1, 0.15) is 186 Å². The Hall–Kier alpha value is -7.68. The standard InChI is InChI=1S/C23H29BrO7.2C23H28O6.C23H26O4/c1-12(25)31-11-19(29)23(30)17(27)9-16-15-5-4-13-8-14(26)6-7-20(13,2)22(15,24)18(28)10-21(16,23)3;2*1-13(24)29-12-20(27)23(28)19(26)11-18-16-5-4-14-10-15(25)6-8-21(14,2)17(16)7-9-22(18,23)3;1-14(24)27-13-21(26)20-7-6-18-17-5-4-15-12-16(25)8-10-22(15,2)19(17)9-11-23(18,20)3/h6-8,15-18,27-28,30H,4-5,9-11H2,1-3H3;2*6-8,10,16,18-19,26,28H,4-5,9,11-12H2,1-3H3;7-10,12,17-18H,4-6,11,13H2,1-3H3/t15-,16-,17+,18-,20-,21-,22-,23-;16?,18-,19+,21-,22-,23-;16-,18+,19-,21+,22+,23+;17?,18-,22-,23-/m0010/s1. The Labute approximate surface area is 684 Å². The maximum absolute atomic E-state index is 13.0. The molecule has 8 fully saturated rings. The van der Waals surface area contributed by atoms with E-state index in [1.165, 1.54) is 56.1 Å². The van der Waals surface area contributed by atoms with Gasteiger partial charge in [0, 0.05) is 76.6 Å². The zero-order valence-corrected chi connectivity index (χ0v) is 69.9. The summed E-state index contributed by atoms with van der Waals surface area (Å²) in [6, 6.07) is 0. The molecular formula is C92H111BrO23. The lowest BCUT2D eigenvalue weighted by atomic mass is 9.46. The van der Waals surface area contributed by atoms with Crippen LogP contribution in [-0.4, -0.2) is 178 Å². The second-order valence-corrected chi connectivity index (χ2v) is 38.7. The van der Waals surface area contributed by atoms with Gasteiger partial charge in [-0.15, -0.1) is 0 Å². The molecule has 0 aromatic carbocycles. The lowest BCUT2D eigenvalue weighted by Crippen LogP contribution is -2.69. The third-order valence-corrected chi connectivity index (χ3v) is 33.9. The van der Waals surface area contributed by atoms with Crippen LogP contribution in [-0.2, 0) is 76.5 Å². The van der Waals surface area contributed by atoms with Crippen molar-refractivity contribution in [3.63, 3.8) is 0 Å². The van der Waals surface area contributed by atoms with Crippen molar-refractivity contribution in [3.8, 4) is 0 Å². The molecular weight excluding hydrogens is 1550 g/mol. The highest BCUT2D eigenvalue weighted by Crippen LogP contribution is 2.73. The summed E-state index contributed by atoms with van der Waals surface area (Å²) in [5.41, 5.74) is -1.40. The van der Waals surface area contributed by atoms with E-state index in [0.717, 1.165) is 73.7 Å². The second-order valence-electron chi connectivity index (χ2n) is 37.4. The minimum absolute atomic E-state index is 0.0129. The van der Waals surface area contributed by atoms with Crippen molar-refractivity contribution in [1.29, 1.82) is 0 Å². The summed E-state index contributed by atoms with van der Waals surface area (Å²) in [6.45, 7) is 19.1. The molecule has 16 rings (SSSR count). The average Bonchev–Trinajstić information content (AvgIpc) is 1.41. The third kappa shape index (κ3) is 13.1. The Balaban J connectivity index is 0.000000135. The lowest BCUT2D eigenvalue weighted by Gasteiger charge is -2.64. The zero-order chi connectivity index (χ0) is 84.8. The van der Waals surface area contributed by atoms with Gasteiger partial charge >= 0.3 is 23.9 Å². The van der Waals surface area contributed by atoms with Crippen molar-refractivity contribution >= 4 is 86.1 Å². The van der Waals surface area contributed by atoms with Gasteiger partial charge in [0.05, 0.1) is 28.7 Å². The van der Waals surface area contributed by atoms with Crippen LogP contribution in [0.15, 0.2) is 142 Å². The summed E-state index contributed by atoms with van der Waals surface area (Å²) in [4.78, 5) is 143. The van der Waals surface area contributed by atoms with Gasteiger partial charge in [-0.05, 0) is 219 Å². The molecule has 0 heterocycles. The first kappa shape index (κ1) is 86.2. The van der Waals surface area contributed by atoms with Gasteiger partial charge < -0.3 is 54.7 Å². The highest BCUT2D eigenvalue weighted by Gasteiger charge is 2.76. The van der Waals surface area contributed by atoms with Crippen molar-refractivity contribution in [1.82, 2.24) is 0 Å². The SMILES string of the molecule is CC(=O)OCC(=O)C1=CC[C@H]2C3CCC4=CC(=O)C=C[C@]4(C)C3=CC[C@]12C.CC(=O)OCC(=O)[C@@]1(O)[C@H](O)C[C@H]2C3CCC4=CC(=O)C=C[C@]4(C)C3=CC[C@@]21C.CC(=O)OCC(=O)[C@@]1(O)[C@H](O)C[C@H]2[C@@H]3CCC4=CC(=O)C=C[C@]4(C)C3=CC[C@@]21C.CC(=O)OCC(=O)[C@@]1(O)[C@H](O)C[C@H]2[C@@H]3CCC4=CC(=O)C=C[C@]4(C)[C@@]3(Br)[C@@H](O)C[C@@]21C. The number of aliphatic hydroxyl groups is 7. The topological polar surface area (TPSA) is 383 Å². The van der Waals surface area contributed by atoms with E-state index in [4.69, 9.17) is 18.9 Å². The fourth-order valence-electron chi connectivity index (χ4n) is 25.4. The van der Waals surface area contributed by atoms with E-state index >= 15 is 0 Å². The molecule has 2 unspecified atom stereocenters. The normalized spacial score (nSPS) is 42.9. The lowest BCUT2D eigenvalue weighted by molar-refractivity contribution is -0.187. The highest BCUT2D eigenvalue weighted by molar-refractivity contribution is 9.10. The van der Waals surface area contributed by atoms with E-state index in [9.17, 15) is 93.3 Å². The first-order chi connectivity index (χ1) is 54.1. The Morgan fingerprint density at radius 2 is 0.741 bits per heavy atom. The second kappa shape index (κ2) is 30.2. The number of fused-ring (bicyclic) bond motifs is 20. The van der Waals surface area contributed by atoms with Gasteiger partial charge in [0.15, 0.2) is 72.1 Å². The van der Waals surface area contributed by atoms with Crippen LogP contribution in [0.25, 0.3) is 0 Å². The van der Waals surface area contributed by atoms with Crippen LogP contribution < -0.4 is 0 Å². The fourth-order valence-corrected chi connectivity index (χ4v) is 26.5. The number of ketones is 8. The van der Waals surface area contributed by atoms with E-state index in [1.807, 2.05) is 45.1 Å². The van der Waals surface area contributed by atoms with Gasteiger partial charge in [-0.25, -0.2) is 0 Å². The number of esters is 4.